The lowest BCUT2D eigenvalue weighted by atomic mass is 9.82. The number of hydrogen-bond acceptors (Lipinski definition) is 5. The average molecular weight is 277 g/mol. The molecule has 1 aliphatic rings. The van der Waals surface area contributed by atoms with Gasteiger partial charge in [-0.2, -0.15) is 4.98 Å². The van der Waals surface area contributed by atoms with Crippen molar-refractivity contribution in [3.63, 3.8) is 0 Å². The first-order valence-corrected chi connectivity index (χ1v) is 7.70. The number of aryl methyl sites for hydroxylation is 1. The van der Waals surface area contributed by atoms with Gasteiger partial charge in [-0.3, -0.25) is 0 Å². The summed E-state index contributed by atoms with van der Waals surface area (Å²) in [6, 6.07) is 0. The molecular weight excluding hydrogens is 258 g/mol. The summed E-state index contributed by atoms with van der Waals surface area (Å²) in [5.41, 5.74) is 7.86. The summed E-state index contributed by atoms with van der Waals surface area (Å²) in [7, 11) is 0. The fourth-order valence-electron chi connectivity index (χ4n) is 2.78. The van der Waals surface area contributed by atoms with Gasteiger partial charge in [-0.25, -0.2) is 0 Å². The van der Waals surface area contributed by atoms with E-state index in [9.17, 15) is 0 Å². The fraction of sp³-hybridized carbons (Fsp3) is 0.571. The van der Waals surface area contributed by atoms with Gasteiger partial charge < -0.3 is 10.3 Å². The largest absolute Gasteiger partial charge is 0.397 e. The molecule has 4 nitrogen and oxygen atoms in total. The summed E-state index contributed by atoms with van der Waals surface area (Å²) < 4.78 is 5.40. The van der Waals surface area contributed by atoms with Crippen molar-refractivity contribution >= 4 is 17.0 Å². The van der Waals surface area contributed by atoms with Crippen molar-refractivity contribution in [1.82, 2.24) is 10.1 Å². The van der Waals surface area contributed by atoms with E-state index in [1.807, 2.05) is 12.3 Å². The third-order valence-electron chi connectivity index (χ3n) is 3.96. The third kappa shape index (κ3) is 2.39. The Morgan fingerprint density at radius 3 is 2.95 bits per heavy atom. The number of nitrogen functional groups attached to an aromatic ring is 1. The van der Waals surface area contributed by atoms with Gasteiger partial charge in [0, 0.05) is 5.92 Å². The molecule has 19 heavy (non-hydrogen) atoms. The zero-order valence-electron chi connectivity index (χ0n) is 11.3. The highest BCUT2D eigenvalue weighted by atomic mass is 32.1. The number of rotatable bonds is 2. The smallest absolute Gasteiger partial charge is 0.270 e. The predicted molar refractivity (Wildman–Crippen MR) is 77.1 cm³/mol. The lowest BCUT2D eigenvalue weighted by molar-refractivity contribution is 0.324. The maximum atomic E-state index is 6.03. The first-order chi connectivity index (χ1) is 9.15. The van der Waals surface area contributed by atoms with E-state index in [4.69, 9.17) is 10.3 Å². The van der Waals surface area contributed by atoms with Crippen LogP contribution in [0.25, 0.3) is 10.8 Å². The van der Waals surface area contributed by atoms with Crippen LogP contribution < -0.4 is 5.73 Å². The van der Waals surface area contributed by atoms with Gasteiger partial charge in [-0.05, 0) is 36.6 Å². The Bertz CT molecular complexity index is 575. The predicted octanol–water partition coefficient (Wildman–Crippen LogP) is 3.98. The van der Waals surface area contributed by atoms with Crippen molar-refractivity contribution < 1.29 is 4.52 Å². The van der Waals surface area contributed by atoms with Crippen molar-refractivity contribution in [2.45, 2.75) is 45.4 Å². The second-order valence-electron chi connectivity index (χ2n) is 5.59. The van der Waals surface area contributed by atoms with Crippen molar-refractivity contribution in [2.24, 2.45) is 5.92 Å². The first-order valence-electron chi connectivity index (χ1n) is 6.82. The molecule has 2 atom stereocenters. The van der Waals surface area contributed by atoms with Gasteiger partial charge in [0.1, 0.15) is 4.88 Å². The van der Waals surface area contributed by atoms with Crippen molar-refractivity contribution in [1.29, 1.82) is 0 Å². The van der Waals surface area contributed by atoms with Crippen molar-refractivity contribution in [2.75, 3.05) is 5.73 Å². The van der Waals surface area contributed by atoms with Crippen molar-refractivity contribution in [3.05, 3.63) is 16.8 Å². The summed E-state index contributed by atoms with van der Waals surface area (Å²) in [5, 5.41) is 6.19. The Morgan fingerprint density at radius 1 is 1.42 bits per heavy atom. The SMILES string of the molecule is Cc1csc(-c2nc(C3CCCC(C)C3)no2)c1N. The molecule has 0 radical (unpaired) electrons. The molecule has 0 bridgehead atoms. The standard InChI is InChI=1S/C14H19N3OS/c1-8-4-3-5-10(6-8)13-16-14(18-17-13)12-11(15)9(2)7-19-12/h7-8,10H,3-6,15H2,1-2H3. The molecule has 0 aliphatic heterocycles. The lowest BCUT2D eigenvalue weighted by Crippen LogP contribution is -2.12. The minimum Gasteiger partial charge on any atom is -0.397 e. The molecule has 0 spiro atoms. The molecule has 5 heteroatoms. The lowest BCUT2D eigenvalue weighted by Gasteiger charge is -2.23. The van der Waals surface area contributed by atoms with Crippen LogP contribution in [0.1, 0.15) is 49.9 Å². The maximum absolute atomic E-state index is 6.03. The molecular formula is C14H19N3OS. The second kappa shape index (κ2) is 4.96. The van der Waals surface area contributed by atoms with Crippen LogP contribution in [-0.2, 0) is 0 Å². The number of nitrogens with zero attached hydrogens (tertiary/aromatic N) is 2. The average Bonchev–Trinajstić information content (AvgIpc) is 2.98. The zero-order chi connectivity index (χ0) is 13.4. The Labute approximate surface area is 117 Å². The Kier molecular flexibility index (Phi) is 3.31. The highest BCUT2D eigenvalue weighted by Crippen LogP contribution is 2.37. The van der Waals surface area contributed by atoms with Gasteiger partial charge in [-0.15, -0.1) is 11.3 Å². The molecule has 2 unspecified atom stereocenters. The zero-order valence-corrected chi connectivity index (χ0v) is 12.2. The van der Waals surface area contributed by atoms with E-state index < -0.39 is 0 Å². The summed E-state index contributed by atoms with van der Waals surface area (Å²) in [6.45, 7) is 4.29. The first kappa shape index (κ1) is 12.7. The third-order valence-corrected chi connectivity index (χ3v) is 5.06. The van der Waals surface area contributed by atoms with Crippen LogP contribution in [0.4, 0.5) is 5.69 Å². The topological polar surface area (TPSA) is 64.9 Å². The van der Waals surface area contributed by atoms with Gasteiger partial charge >= 0.3 is 0 Å². The van der Waals surface area contributed by atoms with Crippen LogP contribution in [0.15, 0.2) is 9.90 Å². The monoisotopic (exact) mass is 277 g/mol. The molecule has 0 amide bonds. The van der Waals surface area contributed by atoms with E-state index in [2.05, 4.69) is 17.1 Å². The van der Waals surface area contributed by atoms with Gasteiger partial charge in [0.05, 0.1) is 5.69 Å². The molecule has 3 rings (SSSR count). The normalized spacial score (nSPS) is 23.7. The van der Waals surface area contributed by atoms with Crippen molar-refractivity contribution in [3.8, 4) is 10.8 Å². The molecule has 0 aromatic carbocycles. The summed E-state index contributed by atoms with van der Waals surface area (Å²) in [4.78, 5) is 5.47. The van der Waals surface area contributed by atoms with Gasteiger partial charge in [0.25, 0.3) is 5.89 Å². The minimum absolute atomic E-state index is 0.448. The number of nitrogens with two attached hydrogens (primary N) is 1. The molecule has 2 heterocycles. The highest BCUT2D eigenvalue weighted by molar-refractivity contribution is 7.14. The molecule has 1 fully saturated rings. The van der Waals surface area contributed by atoms with Crippen LogP contribution in [-0.4, -0.2) is 10.1 Å². The quantitative estimate of drug-likeness (QED) is 0.901. The molecule has 2 aromatic rings. The molecule has 1 aliphatic carbocycles. The van der Waals surface area contributed by atoms with Gasteiger partial charge in [0.15, 0.2) is 5.82 Å². The van der Waals surface area contributed by atoms with Crippen LogP contribution in [0.5, 0.6) is 0 Å². The van der Waals surface area contributed by atoms with Crippen LogP contribution >= 0.6 is 11.3 Å². The molecule has 2 aromatic heterocycles. The molecule has 2 N–H and O–H groups in total. The van der Waals surface area contributed by atoms with Crippen LogP contribution in [0.2, 0.25) is 0 Å². The van der Waals surface area contributed by atoms with E-state index >= 15 is 0 Å². The van der Waals surface area contributed by atoms with E-state index in [0.29, 0.717) is 11.8 Å². The number of anilines is 1. The van der Waals surface area contributed by atoms with Crippen LogP contribution in [0, 0.1) is 12.8 Å². The summed E-state index contributed by atoms with van der Waals surface area (Å²) >= 11 is 1.57. The van der Waals surface area contributed by atoms with Crippen LogP contribution in [0.3, 0.4) is 0 Å². The number of hydrogen-bond donors (Lipinski definition) is 1. The minimum atomic E-state index is 0.448. The number of aromatic nitrogens is 2. The highest BCUT2D eigenvalue weighted by Gasteiger charge is 2.25. The van der Waals surface area contributed by atoms with E-state index in [0.717, 1.165) is 34.3 Å². The Balaban J connectivity index is 1.85. The maximum Gasteiger partial charge on any atom is 0.270 e. The molecule has 1 saturated carbocycles. The number of thiophene rings is 1. The molecule has 0 saturated heterocycles. The summed E-state index contributed by atoms with van der Waals surface area (Å²) in [6.07, 6.45) is 4.91. The van der Waals surface area contributed by atoms with E-state index in [-0.39, 0.29) is 0 Å². The van der Waals surface area contributed by atoms with Gasteiger partial charge in [0.2, 0.25) is 0 Å². The molecule has 102 valence electrons. The second-order valence-corrected chi connectivity index (χ2v) is 6.47. The van der Waals surface area contributed by atoms with Gasteiger partial charge in [-0.1, -0.05) is 24.9 Å². The van der Waals surface area contributed by atoms with E-state index in [1.54, 1.807) is 11.3 Å². The Morgan fingerprint density at radius 2 is 2.26 bits per heavy atom. The van der Waals surface area contributed by atoms with E-state index in [1.165, 1.54) is 19.3 Å². The Hall–Kier alpha value is -1.36. The fourth-order valence-corrected chi connectivity index (χ4v) is 3.67. The summed E-state index contributed by atoms with van der Waals surface area (Å²) in [5.74, 6) is 2.63.